The van der Waals surface area contributed by atoms with Crippen LogP contribution in [0.3, 0.4) is 0 Å². The number of aromatic nitrogens is 2. The number of hydrogen-bond donors (Lipinski definition) is 2. The molecule has 1 amide bonds. The van der Waals surface area contributed by atoms with Crippen molar-refractivity contribution in [2.45, 2.75) is 25.8 Å². The lowest BCUT2D eigenvalue weighted by molar-refractivity contribution is -0.125. The van der Waals surface area contributed by atoms with E-state index >= 15 is 0 Å². The van der Waals surface area contributed by atoms with Gasteiger partial charge in [0.1, 0.15) is 0 Å². The molecule has 1 aromatic heterocycles. The quantitative estimate of drug-likeness (QED) is 0.766. The fourth-order valence-electron chi connectivity index (χ4n) is 3.11. The largest absolute Gasteiger partial charge is 0.355 e. The highest BCUT2D eigenvalue weighted by Crippen LogP contribution is 2.11. The van der Waals surface area contributed by atoms with Crippen LogP contribution in [-0.4, -0.2) is 35.1 Å². The molecule has 1 aliphatic heterocycles. The van der Waals surface area contributed by atoms with Gasteiger partial charge in [0.05, 0.1) is 23.9 Å². The first-order chi connectivity index (χ1) is 12.3. The Kier molecular flexibility index (Phi) is 9.87. The predicted octanol–water partition coefficient (Wildman–Crippen LogP) is 2.30. The number of carbonyl (C=O) groups is 1. The Balaban J connectivity index is 0.00000182. The molecule has 8 heteroatoms. The van der Waals surface area contributed by atoms with Crippen molar-refractivity contribution in [3.8, 4) is 6.07 Å². The zero-order valence-corrected chi connectivity index (χ0v) is 16.7. The predicted molar refractivity (Wildman–Crippen MR) is 109 cm³/mol. The van der Waals surface area contributed by atoms with Gasteiger partial charge in [0.2, 0.25) is 5.91 Å². The molecular weight excluding hydrogens is 385 g/mol. The van der Waals surface area contributed by atoms with E-state index in [1.165, 1.54) is 0 Å². The molecule has 1 saturated heterocycles. The zero-order chi connectivity index (χ0) is 17.5. The second kappa shape index (κ2) is 11.6. The first-order valence-electron chi connectivity index (χ1n) is 8.73. The standard InChI is InChI=1S/C19H23N5O.2ClH/c20-10-15-3-5-16(6-4-15)13-24-14-22-12-18(24)7-9-23-19(25)17-2-1-8-21-11-17;;/h3-6,12,14,17,21H,1-2,7-9,11,13H2,(H,23,25);2*1H. The number of hydrogen-bond acceptors (Lipinski definition) is 4. The van der Waals surface area contributed by atoms with Crippen LogP contribution in [0.25, 0.3) is 0 Å². The minimum atomic E-state index is 0. The highest BCUT2D eigenvalue weighted by atomic mass is 35.5. The van der Waals surface area contributed by atoms with Gasteiger partial charge in [0.25, 0.3) is 0 Å². The third-order valence-electron chi connectivity index (χ3n) is 4.58. The molecule has 2 N–H and O–H groups in total. The van der Waals surface area contributed by atoms with Crippen LogP contribution >= 0.6 is 24.8 Å². The highest BCUT2D eigenvalue weighted by molar-refractivity contribution is 5.85. The van der Waals surface area contributed by atoms with E-state index < -0.39 is 0 Å². The summed E-state index contributed by atoms with van der Waals surface area (Å²) in [5.74, 6) is 0.239. The zero-order valence-electron chi connectivity index (χ0n) is 15.1. The number of piperidine rings is 1. The molecule has 1 aliphatic rings. The van der Waals surface area contributed by atoms with Crippen LogP contribution in [0, 0.1) is 17.2 Å². The SMILES string of the molecule is Cl.Cl.N#Cc1ccc(Cn2cncc2CCNC(=O)C2CCCNC2)cc1. The van der Waals surface area contributed by atoms with Crippen molar-refractivity contribution in [3.05, 3.63) is 53.6 Å². The number of nitrogens with zero attached hydrogens (tertiary/aromatic N) is 3. The molecule has 6 nitrogen and oxygen atoms in total. The van der Waals surface area contributed by atoms with Gasteiger partial charge in [-0.05, 0) is 37.1 Å². The summed E-state index contributed by atoms with van der Waals surface area (Å²) in [5, 5.41) is 15.2. The van der Waals surface area contributed by atoms with Crippen molar-refractivity contribution < 1.29 is 4.79 Å². The molecule has 2 aromatic rings. The molecule has 0 aliphatic carbocycles. The fourth-order valence-corrected chi connectivity index (χ4v) is 3.11. The Morgan fingerprint density at radius 3 is 2.78 bits per heavy atom. The summed E-state index contributed by atoms with van der Waals surface area (Å²) in [5.41, 5.74) is 2.87. The normalized spacial score (nSPS) is 15.7. The minimum absolute atomic E-state index is 0. The Hall–Kier alpha value is -2.07. The Morgan fingerprint density at radius 2 is 2.11 bits per heavy atom. The number of amides is 1. The van der Waals surface area contributed by atoms with E-state index in [2.05, 4.69) is 26.3 Å². The number of halogens is 2. The molecule has 0 saturated carbocycles. The molecule has 1 unspecified atom stereocenters. The van der Waals surface area contributed by atoms with Crippen molar-refractivity contribution in [1.29, 1.82) is 5.26 Å². The lowest BCUT2D eigenvalue weighted by Crippen LogP contribution is -2.41. The first kappa shape index (κ1) is 23.0. The first-order valence-corrected chi connectivity index (χ1v) is 8.73. The third kappa shape index (κ3) is 6.55. The highest BCUT2D eigenvalue weighted by Gasteiger charge is 2.20. The molecule has 3 rings (SSSR count). The average Bonchev–Trinajstić information content (AvgIpc) is 3.10. The van der Waals surface area contributed by atoms with Gasteiger partial charge in [0.15, 0.2) is 0 Å². The number of carbonyl (C=O) groups excluding carboxylic acids is 1. The van der Waals surface area contributed by atoms with Gasteiger partial charge in [0, 0.05) is 37.9 Å². The van der Waals surface area contributed by atoms with Crippen LogP contribution < -0.4 is 10.6 Å². The van der Waals surface area contributed by atoms with Crippen molar-refractivity contribution >= 4 is 30.7 Å². The Bertz CT molecular complexity index is 748. The maximum Gasteiger partial charge on any atom is 0.224 e. The third-order valence-corrected chi connectivity index (χ3v) is 4.58. The molecule has 0 bridgehead atoms. The van der Waals surface area contributed by atoms with Gasteiger partial charge in [-0.3, -0.25) is 4.79 Å². The van der Waals surface area contributed by atoms with Gasteiger partial charge in [-0.15, -0.1) is 24.8 Å². The summed E-state index contributed by atoms with van der Waals surface area (Å²) in [6, 6.07) is 9.69. The average molecular weight is 410 g/mol. The van der Waals surface area contributed by atoms with Crippen molar-refractivity contribution in [1.82, 2.24) is 20.2 Å². The molecule has 2 heterocycles. The summed E-state index contributed by atoms with van der Waals surface area (Å²) in [6.07, 6.45) is 6.44. The Labute approximate surface area is 172 Å². The van der Waals surface area contributed by atoms with Crippen LogP contribution in [0.15, 0.2) is 36.8 Å². The van der Waals surface area contributed by atoms with Crippen LogP contribution in [-0.2, 0) is 17.8 Å². The van der Waals surface area contributed by atoms with E-state index in [4.69, 9.17) is 5.26 Å². The maximum absolute atomic E-state index is 12.2. The molecule has 146 valence electrons. The molecular formula is C19H25Cl2N5O. The number of nitriles is 1. The van der Waals surface area contributed by atoms with Crippen LogP contribution in [0.2, 0.25) is 0 Å². The van der Waals surface area contributed by atoms with Crippen molar-refractivity contribution in [2.75, 3.05) is 19.6 Å². The topological polar surface area (TPSA) is 82.7 Å². The van der Waals surface area contributed by atoms with Crippen molar-refractivity contribution in [3.63, 3.8) is 0 Å². The van der Waals surface area contributed by atoms with Gasteiger partial charge < -0.3 is 15.2 Å². The van der Waals surface area contributed by atoms with E-state index in [1.807, 2.05) is 30.5 Å². The van der Waals surface area contributed by atoms with E-state index in [-0.39, 0.29) is 36.6 Å². The molecule has 0 spiro atoms. The summed E-state index contributed by atoms with van der Waals surface area (Å²) < 4.78 is 2.08. The van der Waals surface area contributed by atoms with Gasteiger partial charge in [-0.2, -0.15) is 5.26 Å². The van der Waals surface area contributed by atoms with E-state index in [0.29, 0.717) is 18.7 Å². The lowest BCUT2D eigenvalue weighted by atomic mass is 9.99. The minimum Gasteiger partial charge on any atom is -0.355 e. The van der Waals surface area contributed by atoms with Gasteiger partial charge in [-0.25, -0.2) is 4.98 Å². The van der Waals surface area contributed by atoms with E-state index in [1.54, 1.807) is 6.33 Å². The molecule has 1 aromatic carbocycles. The van der Waals surface area contributed by atoms with Crippen LogP contribution in [0.4, 0.5) is 0 Å². The Morgan fingerprint density at radius 1 is 1.33 bits per heavy atom. The molecule has 1 atom stereocenters. The summed E-state index contributed by atoms with van der Waals surface area (Å²) in [7, 11) is 0. The summed E-state index contributed by atoms with van der Waals surface area (Å²) in [4.78, 5) is 16.4. The number of rotatable bonds is 6. The molecule has 1 fully saturated rings. The molecule has 0 radical (unpaired) electrons. The second-order valence-corrected chi connectivity index (χ2v) is 6.41. The number of imidazole rings is 1. The van der Waals surface area contributed by atoms with Gasteiger partial charge in [-0.1, -0.05) is 12.1 Å². The molecule has 27 heavy (non-hydrogen) atoms. The maximum atomic E-state index is 12.2. The summed E-state index contributed by atoms with van der Waals surface area (Å²) >= 11 is 0. The monoisotopic (exact) mass is 409 g/mol. The van der Waals surface area contributed by atoms with Crippen LogP contribution in [0.5, 0.6) is 0 Å². The summed E-state index contributed by atoms with van der Waals surface area (Å²) in [6.45, 7) is 3.12. The van der Waals surface area contributed by atoms with E-state index in [0.717, 1.165) is 43.6 Å². The lowest BCUT2D eigenvalue weighted by Gasteiger charge is -2.21. The second-order valence-electron chi connectivity index (χ2n) is 6.41. The number of nitrogens with one attached hydrogen (secondary N) is 2. The smallest absolute Gasteiger partial charge is 0.224 e. The van der Waals surface area contributed by atoms with Crippen LogP contribution in [0.1, 0.15) is 29.7 Å². The number of benzene rings is 1. The fraction of sp³-hybridized carbons (Fsp3) is 0.421. The van der Waals surface area contributed by atoms with Crippen molar-refractivity contribution in [2.24, 2.45) is 5.92 Å². The van der Waals surface area contributed by atoms with E-state index in [9.17, 15) is 4.79 Å². The van der Waals surface area contributed by atoms with Gasteiger partial charge >= 0.3 is 0 Å².